The molecule has 0 aliphatic heterocycles. The van der Waals surface area contributed by atoms with Crippen molar-refractivity contribution in [3.8, 4) is 0 Å². The number of carboxylic acids is 2. The van der Waals surface area contributed by atoms with Gasteiger partial charge in [0.25, 0.3) is 0 Å². The van der Waals surface area contributed by atoms with Gasteiger partial charge in [-0.05, 0) is 18.3 Å². The molecule has 0 unspecified atom stereocenters. The second-order valence-electron chi connectivity index (χ2n) is 3.25. The van der Waals surface area contributed by atoms with Crippen LogP contribution in [0.3, 0.4) is 0 Å². The molecule has 1 heterocycles. The fraction of sp³-hybridized carbons (Fsp3) is 0.0909. The molecule has 6 nitrogen and oxygen atoms in total. The first-order valence-corrected chi connectivity index (χ1v) is 4.77. The third kappa shape index (κ3) is 3.53. The average molecular weight is 236 g/mol. The molecule has 6 heteroatoms. The first-order valence-electron chi connectivity index (χ1n) is 4.77. The number of aliphatic carboxylic acids is 1. The molecule has 1 aromatic rings. The van der Waals surface area contributed by atoms with Gasteiger partial charge in [0.15, 0.2) is 0 Å². The quantitative estimate of drug-likeness (QED) is 0.444. The molecule has 0 saturated carbocycles. The number of nitrogens with two attached hydrogens (primary N) is 1. The number of allylic oxidation sites excluding steroid dienone is 1. The predicted molar refractivity (Wildman–Crippen MR) is 60.5 cm³/mol. The van der Waals surface area contributed by atoms with Crippen LogP contribution < -0.4 is 5.73 Å². The van der Waals surface area contributed by atoms with Crippen LogP contribution >= 0.6 is 0 Å². The van der Waals surface area contributed by atoms with E-state index in [9.17, 15) is 9.59 Å². The van der Waals surface area contributed by atoms with Crippen molar-refractivity contribution in [2.24, 2.45) is 5.73 Å². The third-order valence-corrected chi connectivity index (χ3v) is 2.05. The fourth-order valence-electron chi connectivity index (χ4n) is 1.23. The number of aromatic amines is 1. The Morgan fingerprint density at radius 1 is 1.41 bits per heavy atom. The van der Waals surface area contributed by atoms with Gasteiger partial charge in [-0.1, -0.05) is 6.08 Å². The summed E-state index contributed by atoms with van der Waals surface area (Å²) in [6.45, 7) is 0. The van der Waals surface area contributed by atoms with E-state index in [4.69, 9.17) is 15.9 Å². The largest absolute Gasteiger partial charge is 0.478 e. The Kier molecular flexibility index (Phi) is 4.10. The molecular weight excluding hydrogens is 224 g/mol. The number of hydrogen-bond acceptors (Lipinski definition) is 3. The van der Waals surface area contributed by atoms with Crippen LogP contribution in [-0.2, 0) is 11.2 Å². The Bertz CT molecular complexity index is 485. The molecule has 0 radical (unpaired) electrons. The first-order chi connectivity index (χ1) is 8.04. The highest BCUT2D eigenvalue weighted by Gasteiger charge is 2.06. The number of hydrogen-bond donors (Lipinski definition) is 4. The maximum Gasteiger partial charge on any atom is 0.337 e. The zero-order valence-electron chi connectivity index (χ0n) is 8.88. The molecule has 0 spiro atoms. The molecule has 0 bridgehead atoms. The number of aromatic nitrogens is 1. The minimum absolute atomic E-state index is 0.0546. The third-order valence-electron chi connectivity index (χ3n) is 2.05. The Morgan fingerprint density at radius 2 is 2.12 bits per heavy atom. The van der Waals surface area contributed by atoms with Crippen LogP contribution in [0, 0.1) is 0 Å². The van der Waals surface area contributed by atoms with Gasteiger partial charge in [0.1, 0.15) is 0 Å². The molecule has 0 aliphatic carbocycles. The zero-order chi connectivity index (χ0) is 12.8. The zero-order valence-corrected chi connectivity index (χ0v) is 8.88. The van der Waals surface area contributed by atoms with Crippen LogP contribution in [0.15, 0.2) is 36.2 Å². The number of H-pyrrole nitrogens is 1. The summed E-state index contributed by atoms with van der Waals surface area (Å²) >= 11 is 0. The summed E-state index contributed by atoms with van der Waals surface area (Å²) in [7, 11) is 0. The normalized spacial score (nSPS) is 11.9. The van der Waals surface area contributed by atoms with E-state index in [0.29, 0.717) is 12.1 Å². The van der Waals surface area contributed by atoms with Crippen molar-refractivity contribution in [3.63, 3.8) is 0 Å². The van der Waals surface area contributed by atoms with Crippen molar-refractivity contribution in [1.29, 1.82) is 0 Å². The van der Waals surface area contributed by atoms with Crippen LogP contribution in [-0.4, -0.2) is 27.1 Å². The van der Waals surface area contributed by atoms with E-state index in [-0.39, 0.29) is 11.1 Å². The number of carbonyl (C=O) groups is 2. The standard InChI is InChI=1S/C11H12N2O4/c12-4-3-7(10(14)15)1-2-9-5-8(6-13-9)11(16)17/h1,3-6,13H,2,12H2,(H,14,15)(H,16,17)/b4-3-,7-1+. The van der Waals surface area contributed by atoms with Crippen molar-refractivity contribution in [2.45, 2.75) is 6.42 Å². The monoisotopic (exact) mass is 236 g/mol. The summed E-state index contributed by atoms with van der Waals surface area (Å²) in [5.74, 6) is -2.12. The van der Waals surface area contributed by atoms with Gasteiger partial charge >= 0.3 is 11.9 Å². The van der Waals surface area contributed by atoms with Gasteiger partial charge in [-0.3, -0.25) is 0 Å². The molecule has 0 aliphatic rings. The SMILES string of the molecule is N/C=C\C(=C/Cc1cc(C(=O)O)c[nH]1)C(=O)O. The van der Waals surface area contributed by atoms with Crippen LogP contribution in [0.25, 0.3) is 0 Å². The fourth-order valence-corrected chi connectivity index (χ4v) is 1.23. The maximum atomic E-state index is 10.7. The summed E-state index contributed by atoms with van der Waals surface area (Å²) in [6, 6.07) is 1.45. The molecule has 0 aromatic carbocycles. The van der Waals surface area contributed by atoms with Crippen molar-refractivity contribution < 1.29 is 19.8 Å². The van der Waals surface area contributed by atoms with Crippen LogP contribution in [0.1, 0.15) is 16.1 Å². The predicted octanol–water partition coefficient (Wildman–Crippen LogP) is 0.739. The molecule has 17 heavy (non-hydrogen) atoms. The Labute approximate surface area is 97.1 Å². The van der Waals surface area contributed by atoms with Gasteiger partial charge in [-0.25, -0.2) is 9.59 Å². The molecule has 5 N–H and O–H groups in total. The van der Waals surface area contributed by atoms with Gasteiger partial charge < -0.3 is 20.9 Å². The highest BCUT2D eigenvalue weighted by atomic mass is 16.4. The highest BCUT2D eigenvalue weighted by molar-refractivity contribution is 5.90. The lowest BCUT2D eigenvalue weighted by Crippen LogP contribution is -1.99. The van der Waals surface area contributed by atoms with E-state index in [1.807, 2.05) is 0 Å². The Balaban J connectivity index is 2.79. The number of nitrogens with one attached hydrogen (secondary N) is 1. The summed E-state index contributed by atoms with van der Waals surface area (Å²) in [5, 5.41) is 17.5. The van der Waals surface area contributed by atoms with E-state index in [2.05, 4.69) is 4.98 Å². The molecule has 0 fully saturated rings. The minimum atomic E-state index is -1.09. The molecule has 0 saturated heterocycles. The molecular formula is C11H12N2O4. The highest BCUT2D eigenvalue weighted by Crippen LogP contribution is 2.07. The number of rotatable bonds is 5. The van der Waals surface area contributed by atoms with Gasteiger partial charge in [0.05, 0.1) is 11.1 Å². The van der Waals surface area contributed by atoms with Gasteiger partial charge in [0.2, 0.25) is 0 Å². The molecule has 90 valence electrons. The van der Waals surface area contributed by atoms with Gasteiger partial charge in [0, 0.05) is 18.3 Å². The van der Waals surface area contributed by atoms with E-state index in [1.54, 1.807) is 0 Å². The molecule has 1 aromatic heterocycles. The molecule has 0 atom stereocenters. The first kappa shape index (κ1) is 12.6. The van der Waals surface area contributed by atoms with E-state index in [1.165, 1.54) is 24.4 Å². The molecule has 1 rings (SSSR count). The Morgan fingerprint density at radius 3 is 2.59 bits per heavy atom. The van der Waals surface area contributed by atoms with Crippen molar-refractivity contribution >= 4 is 11.9 Å². The second kappa shape index (κ2) is 5.55. The average Bonchev–Trinajstić information content (AvgIpc) is 2.72. The van der Waals surface area contributed by atoms with E-state index >= 15 is 0 Å². The lowest BCUT2D eigenvalue weighted by atomic mass is 10.2. The summed E-state index contributed by atoms with van der Waals surface area (Å²) in [6.07, 6.45) is 5.49. The summed E-state index contributed by atoms with van der Waals surface area (Å²) < 4.78 is 0. The topological polar surface area (TPSA) is 116 Å². The summed E-state index contributed by atoms with van der Waals surface area (Å²) in [4.78, 5) is 24.1. The molecule has 0 amide bonds. The smallest absolute Gasteiger partial charge is 0.337 e. The second-order valence-corrected chi connectivity index (χ2v) is 3.25. The van der Waals surface area contributed by atoms with E-state index < -0.39 is 11.9 Å². The van der Waals surface area contributed by atoms with Crippen LogP contribution in [0.5, 0.6) is 0 Å². The minimum Gasteiger partial charge on any atom is -0.478 e. The lowest BCUT2D eigenvalue weighted by Gasteiger charge is -1.94. The Hall–Kier alpha value is -2.50. The van der Waals surface area contributed by atoms with Gasteiger partial charge in [-0.2, -0.15) is 0 Å². The van der Waals surface area contributed by atoms with E-state index in [0.717, 1.165) is 6.20 Å². The number of carboxylic acid groups (broad SMARTS) is 2. The van der Waals surface area contributed by atoms with Gasteiger partial charge in [-0.15, -0.1) is 0 Å². The van der Waals surface area contributed by atoms with Crippen molar-refractivity contribution in [2.75, 3.05) is 0 Å². The van der Waals surface area contributed by atoms with Crippen LogP contribution in [0.2, 0.25) is 0 Å². The number of aromatic carboxylic acids is 1. The van der Waals surface area contributed by atoms with Crippen molar-refractivity contribution in [1.82, 2.24) is 4.98 Å². The van der Waals surface area contributed by atoms with Crippen molar-refractivity contribution in [3.05, 3.63) is 47.4 Å². The lowest BCUT2D eigenvalue weighted by molar-refractivity contribution is -0.132. The van der Waals surface area contributed by atoms with Crippen LogP contribution in [0.4, 0.5) is 0 Å². The maximum absolute atomic E-state index is 10.7. The summed E-state index contributed by atoms with van der Waals surface area (Å²) in [5.41, 5.74) is 5.92.